The van der Waals surface area contributed by atoms with Gasteiger partial charge in [-0.05, 0) is 16.5 Å². The molecule has 0 heterocycles. The van der Waals surface area contributed by atoms with Crippen molar-refractivity contribution in [1.29, 1.82) is 0 Å². The Balaban J connectivity index is 2.67. The fourth-order valence-electron chi connectivity index (χ4n) is 1.46. The third kappa shape index (κ3) is 4.58. The zero-order valence-electron chi connectivity index (χ0n) is 11.4. The maximum Gasteiger partial charge on any atom is 0.330 e. The second-order valence-corrected chi connectivity index (χ2v) is 5.11. The molecule has 1 aromatic rings. The summed E-state index contributed by atoms with van der Waals surface area (Å²) in [4.78, 5) is 10.8. The van der Waals surface area contributed by atoms with Gasteiger partial charge in [0.2, 0.25) is 0 Å². The monoisotopic (exact) mass is 244 g/mol. The van der Waals surface area contributed by atoms with Gasteiger partial charge in [-0.2, -0.15) is 0 Å². The van der Waals surface area contributed by atoms with Crippen LogP contribution in [0.1, 0.15) is 31.9 Å². The number of hydrogen-bond acceptors (Lipinski definition) is 2. The second kappa shape index (κ2) is 6.20. The number of esters is 1. The van der Waals surface area contributed by atoms with Crippen LogP contribution in [-0.4, -0.2) is 13.1 Å². The number of carbonyl (C=O) groups excluding carboxylic acids is 1. The summed E-state index contributed by atoms with van der Waals surface area (Å²) in [6, 6.07) is 8.40. The fourth-order valence-corrected chi connectivity index (χ4v) is 1.46. The van der Waals surface area contributed by atoms with Gasteiger partial charge in [0.05, 0.1) is 7.11 Å². The van der Waals surface area contributed by atoms with Gasteiger partial charge in [-0.1, -0.05) is 63.3 Å². The summed E-state index contributed by atoms with van der Waals surface area (Å²) >= 11 is 0. The van der Waals surface area contributed by atoms with E-state index in [-0.39, 0.29) is 11.4 Å². The van der Waals surface area contributed by atoms with Crippen LogP contribution < -0.4 is 0 Å². The van der Waals surface area contributed by atoms with E-state index in [1.807, 2.05) is 12.2 Å². The number of hydrogen-bond donors (Lipinski definition) is 0. The Morgan fingerprint density at radius 3 is 2.22 bits per heavy atom. The van der Waals surface area contributed by atoms with E-state index in [0.717, 1.165) is 5.56 Å². The summed E-state index contributed by atoms with van der Waals surface area (Å²) in [5.74, 6) is -0.345. The van der Waals surface area contributed by atoms with Crippen molar-refractivity contribution in [3.63, 3.8) is 0 Å². The molecule has 0 aliphatic rings. The number of rotatable bonds is 3. The molecule has 0 fully saturated rings. The lowest BCUT2D eigenvalue weighted by atomic mass is 9.87. The Morgan fingerprint density at radius 2 is 1.72 bits per heavy atom. The highest BCUT2D eigenvalue weighted by molar-refractivity contribution is 5.82. The quantitative estimate of drug-likeness (QED) is 0.460. The Bertz CT molecular complexity index is 445. The standard InChI is InChI=1S/C16H20O2/c1-16(2,3)14-11-9-13(10-12-14)7-5-6-8-15(17)18-4/h5-12H,1-4H3. The van der Waals surface area contributed by atoms with E-state index in [9.17, 15) is 4.79 Å². The SMILES string of the molecule is COC(=O)C=CC=Cc1ccc(C(C)(C)C)cc1. The van der Waals surface area contributed by atoms with Crippen LogP contribution in [0.5, 0.6) is 0 Å². The van der Waals surface area contributed by atoms with Gasteiger partial charge in [0.15, 0.2) is 0 Å². The van der Waals surface area contributed by atoms with E-state index in [4.69, 9.17) is 0 Å². The summed E-state index contributed by atoms with van der Waals surface area (Å²) in [5.41, 5.74) is 2.59. The van der Waals surface area contributed by atoms with Crippen molar-refractivity contribution in [2.45, 2.75) is 26.2 Å². The molecule has 0 radical (unpaired) electrons. The fraction of sp³-hybridized carbons (Fsp3) is 0.312. The summed E-state index contributed by atoms with van der Waals surface area (Å²) in [6.07, 6.45) is 6.83. The molecule has 0 saturated carbocycles. The first-order chi connectivity index (χ1) is 8.43. The van der Waals surface area contributed by atoms with Gasteiger partial charge >= 0.3 is 5.97 Å². The molecular formula is C16H20O2. The predicted molar refractivity (Wildman–Crippen MR) is 75.3 cm³/mol. The van der Waals surface area contributed by atoms with Crippen LogP contribution >= 0.6 is 0 Å². The third-order valence-corrected chi connectivity index (χ3v) is 2.61. The van der Waals surface area contributed by atoms with Crippen LogP contribution in [0.15, 0.2) is 42.5 Å². The van der Waals surface area contributed by atoms with Gasteiger partial charge in [0.25, 0.3) is 0 Å². The lowest BCUT2D eigenvalue weighted by Crippen LogP contribution is -2.10. The third-order valence-electron chi connectivity index (χ3n) is 2.61. The number of carbonyl (C=O) groups is 1. The molecule has 0 aliphatic heterocycles. The number of methoxy groups -OCH3 is 1. The predicted octanol–water partition coefficient (Wildman–Crippen LogP) is 3.73. The molecule has 2 nitrogen and oxygen atoms in total. The van der Waals surface area contributed by atoms with E-state index in [2.05, 4.69) is 49.8 Å². The molecule has 0 unspecified atom stereocenters. The topological polar surface area (TPSA) is 26.3 Å². The maximum absolute atomic E-state index is 10.8. The Labute approximate surface area is 109 Å². The number of ether oxygens (including phenoxy) is 1. The zero-order chi connectivity index (χ0) is 13.6. The smallest absolute Gasteiger partial charge is 0.330 e. The average Bonchev–Trinajstić information content (AvgIpc) is 2.33. The Morgan fingerprint density at radius 1 is 1.11 bits per heavy atom. The van der Waals surface area contributed by atoms with Gasteiger partial charge in [-0.15, -0.1) is 0 Å². The van der Waals surface area contributed by atoms with Crippen LogP contribution in [0.2, 0.25) is 0 Å². The Kier molecular flexibility index (Phi) is 4.90. The van der Waals surface area contributed by atoms with Crippen LogP contribution in [0, 0.1) is 0 Å². The minimum absolute atomic E-state index is 0.174. The molecule has 18 heavy (non-hydrogen) atoms. The minimum Gasteiger partial charge on any atom is -0.466 e. The molecule has 0 saturated heterocycles. The molecular weight excluding hydrogens is 224 g/mol. The summed E-state index contributed by atoms with van der Waals surface area (Å²) in [7, 11) is 1.36. The molecule has 1 rings (SSSR count). The minimum atomic E-state index is -0.345. The van der Waals surface area contributed by atoms with Crippen LogP contribution in [0.3, 0.4) is 0 Å². The van der Waals surface area contributed by atoms with Crippen molar-refractivity contribution >= 4 is 12.0 Å². The first kappa shape index (κ1) is 14.2. The van der Waals surface area contributed by atoms with Crippen molar-refractivity contribution in [2.24, 2.45) is 0 Å². The number of benzene rings is 1. The van der Waals surface area contributed by atoms with E-state index >= 15 is 0 Å². The molecule has 96 valence electrons. The van der Waals surface area contributed by atoms with E-state index in [1.165, 1.54) is 18.7 Å². The molecule has 0 amide bonds. The molecule has 0 bridgehead atoms. The second-order valence-electron chi connectivity index (χ2n) is 5.11. The van der Waals surface area contributed by atoms with Gasteiger partial charge in [-0.25, -0.2) is 4.79 Å². The largest absolute Gasteiger partial charge is 0.466 e. The van der Waals surface area contributed by atoms with Crippen LogP contribution in [-0.2, 0) is 14.9 Å². The van der Waals surface area contributed by atoms with E-state index in [1.54, 1.807) is 6.08 Å². The van der Waals surface area contributed by atoms with Crippen molar-refractivity contribution in [3.05, 3.63) is 53.6 Å². The molecule has 2 heteroatoms. The average molecular weight is 244 g/mol. The van der Waals surface area contributed by atoms with E-state index < -0.39 is 0 Å². The van der Waals surface area contributed by atoms with Gasteiger partial charge < -0.3 is 4.74 Å². The van der Waals surface area contributed by atoms with Gasteiger partial charge in [-0.3, -0.25) is 0 Å². The molecule has 1 aromatic carbocycles. The summed E-state index contributed by atoms with van der Waals surface area (Å²) < 4.78 is 4.50. The zero-order valence-corrected chi connectivity index (χ0v) is 11.4. The van der Waals surface area contributed by atoms with Gasteiger partial charge in [0.1, 0.15) is 0 Å². The Hall–Kier alpha value is -1.83. The molecule has 0 spiro atoms. The first-order valence-corrected chi connectivity index (χ1v) is 5.97. The van der Waals surface area contributed by atoms with Crippen molar-refractivity contribution < 1.29 is 9.53 Å². The number of allylic oxidation sites excluding steroid dienone is 2. The molecule has 0 aromatic heterocycles. The maximum atomic E-state index is 10.8. The van der Waals surface area contributed by atoms with Crippen LogP contribution in [0.4, 0.5) is 0 Å². The molecule has 0 atom stereocenters. The lowest BCUT2D eigenvalue weighted by Gasteiger charge is -2.18. The summed E-state index contributed by atoms with van der Waals surface area (Å²) in [6.45, 7) is 6.57. The lowest BCUT2D eigenvalue weighted by molar-refractivity contribution is -0.134. The van der Waals surface area contributed by atoms with Crippen molar-refractivity contribution in [1.82, 2.24) is 0 Å². The summed E-state index contributed by atoms with van der Waals surface area (Å²) in [5, 5.41) is 0. The highest BCUT2D eigenvalue weighted by Gasteiger charge is 2.12. The van der Waals surface area contributed by atoms with Gasteiger partial charge in [0, 0.05) is 6.08 Å². The molecule has 0 aliphatic carbocycles. The highest BCUT2D eigenvalue weighted by Crippen LogP contribution is 2.22. The van der Waals surface area contributed by atoms with Crippen molar-refractivity contribution in [2.75, 3.05) is 7.11 Å². The first-order valence-electron chi connectivity index (χ1n) is 5.97. The highest BCUT2D eigenvalue weighted by atomic mass is 16.5. The molecule has 0 N–H and O–H groups in total. The van der Waals surface area contributed by atoms with Crippen molar-refractivity contribution in [3.8, 4) is 0 Å². The van der Waals surface area contributed by atoms with Crippen LogP contribution in [0.25, 0.3) is 6.08 Å². The van der Waals surface area contributed by atoms with E-state index in [0.29, 0.717) is 0 Å². The normalized spacial score (nSPS) is 12.2.